The summed E-state index contributed by atoms with van der Waals surface area (Å²) in [6.07, 6.45) is 0. The number of hydrogen-bond acceptors (Lipinski definition) is 5. The Kier molecular flexibility index (Phi) is 4.41. The number of aliphatic carboxylic acids is 1. The summed E-state index contributed by atoms with van der Waals surface area (Å²) in [5.41, 5.74) is 1.22. The molecule has 0 aromatic heterocycles. The van der Waals surface area contributed by atoms with Crippen LogP contribution >= 0.6 is 0 Å². The van der Waals surface area contributed by atoms with Gasteiger partial charge in [-0.15, -0.1) is 0 Å². The quantitative estimate of drug-likeness (QED) is 0.786. The van der Waals surface area contributed by atoms with Crippen LogP contribution in [-0.2, 0) is 14.3 Å². The maximum Gasteiger partial charge on any atom is 0.394 e. The molecule has 0 radical (unpaired) electrons. The van der Waals surface area contributed by atoms with Gasteiger partial charge in [-0.05, 0) is 18.2 Å². The largest absolute Gasteiger partial charge is 0.495 e. The van der Waals surface area contributed by atoms with Crippen LogP contribution in [0.25, 0.3) is 0 Å². The Morgan fingerprint density at radius 1 is 1.35 bits per heavy atom. The number of hydrogen-bond donors (Lipinski definition) is 2. The van der Waals surface area contributed by atoms with Gasteiger partial charge in [-0.1, -0.05) is 0 Å². The van der Waals surface area contributed by atoms with E-state index in [0.29, 0.717) is 24.7 Å². The minimum Gasteiger partial charge on any atom is -0.495 e. The summed E-state index contributed by atoms with van der Waals surface area (Å²) in [6.45, 7) is 2.78. The van der Waals surface area contributed by atoms with Gasteiger partial charge in [-0.25, -0.2) is 4.79 Å². The average molecular weight is 280 g/mol. The van der Waals surface area contributed by atoms with E-state index >= 15 is 0 Å². The molecule has 0 unspecified atom stereocenters. The summed E-state index contributed by atoms with van der Waals surface area (Å²) in [7, 11) is 1.46. The molecule has 20 heavy (non-hydrogen) atoms. The van der Waals surface area contributed by atoms with Gasteiger partial charge in [-0.3, -0.25) is 4.79 Å². The van der Waals surface area contributed by atoms with Crippen molar-refractivity contribution in [3.05, 3.63) is 18.2 Å². The molecule has 0 aliphatic carbocycles. The molecular formula is C13H16N2O5. The Labute approximate surface area is 116 Å². The summed E-state index contributed by atoms with van der Waals surface area (Å²) in [4.78, 5) is 24.0. The third-order valence-corrected chi connectivity index (χ3v) is 3.00. The number of methoxy groups -OCH3 is 1. The topological polar surface area (TPSA) is 88.1 Å². The van der Waals surface area contributed by atoms with E-state index in [1.807, 2.05) is 6.07 Å². The monoisotopic (exact) mass is 280 g/mol. The summed E-state index contributed by atoms with van der Waals surface area (Å²) >= 11 is 0. The van der Waals surface area contributed by atoms with E-state index in [9.17, 15) is 9.59 Å². The van der Waals surface area contributed by atoms with Gasteiger partial charge in [0.05, 0.1) is 26.0 Å². The van der Waals surface area contributed by atoms with Crippen LogP contribution in [0.4, 0.5) is 11.4 Å². The Hall–Kier alpha value is -2.28. The zero-order chi connectivity index (χ0) is 14.5. The SMILES string of the molecule is COc1ccc(N2CCOCC2)cc1NC(=O)C(=O)O. The molecule has 2 N–H and O–H groups in total. The fourth-order valence-electron chi connectivity index (χ4n) is 1.99. The van der Waals surface area contributed by atoms with Gasteiger partial charge >= 0.3 is 11.9 Å². The number of nitrogens with zero attached hydrogens (tertiary/aromatic N) is 1. The van der Waals surface area contributed by atoms with Gasteiger partial charge in [0.1, 0.15) is 5.75 Å². The number of carboxylic acids is 1. The molecule has 1 aromatic rings. The first-order valence-corrected chi connectivity index (χ1v) is 6.17. The average Bonchev–Trinajstić information content (AvgIpc) is 2.48. The van der Waals surface area contributed by atoms with E-state index < -0.39 is 11.9 Å². The van der Waals surface area contributed by atoms with Crippen LogP contribution in [0.1, 0.15) is 0 Å². The fraction of sp³-hybridized carbons (Fsp3) is 0.385. The van der Waals surface area contributed by atoms with Gasteiger partial charge in [-0.2, -0.15) is 0 Å². The van der Waals surface area contributed by atoms with Crippen LogP contribution in [0.15, 0.2) is 18.2 Å². The third kappa shape index (κ3) is 3.18. The van der Waals surface area contributed by atoms with Crippen molar-refractivity contribution in [2.24, 2.45) is 0 Å². The molecule has 1 aliphatic rings. The van der Waals surface area contributed by atoms with E-state index in [1.165, 1.54) is 7.11 Å². The molecule has 0 saturated carbocycles. The number of carboxylic acid groups (broad SMARTS) is 1. The predicted molar refractivity (Wildman–Crippen MR) is 72.3 cm³/mol. The maximum absolute atomic E-state index is 11.3. The van der Waals surface area contributed by atoms with Crippen molar-refractivity contribution >= 4 is 23.3 Å². The van der Waals surface area contributed by atoms with Crippen LogP contribution in [0.2, 0.25) is 0 Å². The first-order valence-electron chi connectivity index (χ1n) is 6.17. The normalized spacial score (nSPS) is 14.8. The van der Waals surface area contributed by atoms with Gasteiger partial charge < -0.3 is 24.8 Å². The summed E-state index contributed by atoms with van der Waals surface area (Å²) in [5.74, 6) is -2.22. The zero-order valence-electron chi connectivity index (χ0n) is 11.1. The van der Waals surface area contributed by atoms with Crippen molar-refractivity contribution in [3.63, 3.8) is 0 Å². The van der Waals surface area contributed by atoms with Gasteiger partial charge in [0, 0.05) is 18.8 Å². The van der Waals surface area contributed by atoms with Crippen molar-refractivity contribution in [3.8, 4) is 5.75 Å². The fourth-order valence-corrected chi connectivity index (χ4v) is 1.99. The summed E-state index contributed by atoms with van der Waals surface area (Å²) < 4.78 is 10.4. The number of rotatable bonds is 3. The van der Waals surface area contributed by atoms with Crippen LogP contribution < -0.4 is 15.0 Å². The first kappa shape index (κ1) is 14.1. The molecular weight excluding hydrogens is 264 g/mol. The first-order chi connectivity index (χ1) is 9.61. The molecule has 0 spiro atoms. The number of ether oxygens (including phenoxy) is 2. The molecule has 0 bridgehead atoms. The molecule has 7 heteroatoms. The van der Waals surface area contributed by atoms with Gasteiger partial charge in [0.25, 0.3) is 0 Å². The lowest BCUT2D eigenvalue weighted by Crippen LogP contribution is -2.36. The predicted octanol–water partition coefficient (Wildman–Crippen LogP) is 0.555. The number of amides is 1. The van der Waals surface area contributed by atoms with Crippen molar-refractivity contribution in [2.45, 2.75) is 0 Å². The molecule has 0 atom stereocenters. The number of carbonyl (C=O) groups is 2. The standard InChI is InChI=1S/C13H16N2O5/c1-19-11-3-2-9(15-4-6-20-7-5-15)8-10(11)14-12(16)13(17)18/h2-3,8H,4-7H2,1H3,(H,14,16)(H,17,18). The molecule has 2 rings (SSSR count). The highest BCUT2D eigenvalue weighted by atomic mass is 16.5. The van der Waals surface area contributed by atoms with Crippen LogP contribution in [-0.4, -0.2) is 50.4 Å². The highest BCUT2D eigenvalue weighted by Crippen LogP contribution is 2.30. The molecule has 108 valence electrons. The minimum atomic E-state index is -1.54. The Balaban J connectivity index is 2.23. The van der Waals surface area contributed by atoms with E-state index in [2.05, 4.69) is 10.2 Å². The second-order valence-electron chi connectivity index (χ2n) is 4.24. The second-order valence-corrected chi connectivity index (χ2v) is 4.24. The smallest absolute Gasteiger partial charge is 0.394 e. The molecule has 7 nitrogen and oxygen atoms in total. The van der Waals surface area contributed by atoms with Crippen LogP contribution in [0.3, 0.4) is 0 Å². The second kappa shape index (κ2) is 6.25. The summed E-state index contributed by atoms with van der Waals surface area (Å²) in [6, 6.07) is 5.26. The lowest BCUT2D eigenvalue weighted by Gasteiger charge is -2.29. The Morgan fingerprint density at radius 2 is 2.05 bits per heavy atom. The van der Waals surface area contributed by atoms with Gasteiger partial charge in [0.15, 0.2) is 0 Å². The van der Waals surface area contributed by atoms with Crippen molar-refractivity contribution in [1.29, 1.82) is 0 Å². The lowest BCUT2D eigenvalue weighted by molar-refractivity contribution is -0.147. The highest BCUT2D eigenvalue weighted by Gasteiger charge is 2.17. The minimum absolute atomic E-state index is 0.337. The molecule has 1 saturated heterocycles. The van der Waals surface area contributed by atoms with Crippen molar-refractivity contribution < 1.29 is 24.2 Å². The Bertz CT molecular complexity index is 511. The maximum atomic E-state index is 11.3. The molecule has 1 aliphatic heterocycles. The molecule has 1 aromatic carbocycles. The molecule has 1 heterocycles. The van der Waals surface area contributed by atoms with Crippen LogP contribution in [0.5, 0.6) is 5.75 Å². The third-order valence-electron chi connectivity index (χ3n) is 3.00. The summed E-state index contributed by atoms with van der Waals surface area (Å²) in [5, 5.41) is 11.0. The highest BCUT2D eigenvalue weighted by molar-refractivity contribution is 6.36. The number of benzene rings is 1. The van der Waals surface area contributed by atoms with E-state index in [-0.39, 0.29) is 0 Å². The van der Waals surface area contributed by atoms with Crippen LogP contribution in [0, 0.1) is 0 Å². The van der Waals surface area contributed by atoms with Crippen molar-refractivity contribution in [2.75, 3.05) is 43.6 Å². The Morgan fingerprint density at radius 3 is 2.65 bits per heavy atom. The molecule has 1 amide bonds. The van der Waals surface area contributed by atoms with E-state index in [0.717, 1.165) is 18.8 Å². The number of morpholine rings is 1. The van der Waals surface area contributed by atoms with Crippen molar-refractivity contribution in [1.82, 2.24) is 0 Å². The lowest BCUT2D eigenvalue weighted by atomic mass is 10.2. The van der Waals surface area contributed by atoms with E-state index in [1.54, 1.807) is 12.1 Å². The zero-order valence-corrected chi connectivity index (χ0v) is 11.1. The number of anilines is 2. The van der Waals surface area contributed by atoms with Gasteiger partial charge in [0.2, 0.25) is 0 Å². The number of nitrogens with one attached hydrogen (secondary N) is 1. The molecule has 1 fully saturated rings. The van der Waals surface area contributed by atoms with E-state index in [4.69, 9.17) is 14.6 Å². The number of carbonyl (C=O) groups excluding carboxylic acids is 1.